The van der Waals surface area contributed by atoms with Crippen LogP contribution < -0.4 is 19.5 Å². The van der Waals surface area contributed by atoms with Gasteiger partial charge in [0.15, 0.2) is 11.5 Å². The summed E-state index contributed by atoms with van der Waals surface area (Å²) in [4.78, 5) is 0. The number of nitrogens with zero attached hydrogens (tertiary/aromatic N) is 2. The Hall–Kier alpha value is -2.99. The molecular formula is C24H27N3O3. The maximum absolute atomic E-state index is 5.56. The molecular weight excluding hydrogens is 378 g/mol. The van der Waals surface area contributed by atoms with Gasteiger partial charge < -0.3 is 19.5 Å². The summed E-state index contributed by atoms with van der Waals surface area (Å²) in [7, 11) is 1.66. The quantitative estimate of drug-likeness (QED) is 0.682. The highest BCUT2D eigenvalue weighted by Crippen LogP contribution is 2.42. The van der Waals surface area contributed by atoms with Gasteiger partial charge in [0, 0.05) is 23.8 Å². The Morgan fingerprint density at radius 3 is 2.90 bits per heavy atom. The molecule has 2 aliphatic rings. The molecule has 0 fully saturated rings. The third kappa shape index (κ3) is 3.31. The molecule has 0 spiro atoms. The van der Waals surface area contributed by atoms with Crippen LogP contribution in [0.4, 0.5) is 0 Å². The predicted octanol–water partition coefficient (Wildman–Crippen LogP) is 4.39. The minimum atomic E-state index is 0.242. The highest BCUT2D eigenvalue weighted by atomic mass is 16.7. The van der Waals surface area contributed by atoms with Crippen molar-refractivity contribution in [1.29, 1.82) is 0 Å². The van der Waals surface area contributed by atoms with Crippen LogP contribution in [0.15, 0.2) is 36.5 Å². The number of hydrogen-bond acceptors (Lipinski definition) is 5. The number of benzene rings is 2. The molecule has 6 nitrogen and oxygen atoms in total. The second kappa shape index (κ2) is 7.69. The van der Waals surface area contributed by atoms with Gasteiger partial charge in [-0.25, -0.2) is 4.68 Å². The minimum Gasteiger partial charge on any atom is -0.493 e. The van der Waals surface area contributed by atoms with Crippen LogP contribution in [0.2, 0.25) is 0 Å². The Labute approximate surface area is 176 Å². The van der Waals surface area contributed by atoms with Gasteiger partial charge in [0.05, 0.1) is 19.0 Å². The second-order valence-electron chi connectivity index (χ2n) is 8.08. The van der Waals surface area contributed by atoms with Gasteiger partial charge in [0.25, 0.3) is 0 Å². The molecule has 1 aromatic heterocycles. The standard InChI is InChI=1S/C24H27N3O3/c1-15-7-8-18(9-16(15)2)27-21-6-4-5-20(19(21)13-26-27)25-12-17-10-22(28-3)24-23(11-17)29-14-30-24/h7-11,13,20,25H,4-6,12,14H2,1-3H3. The van der Waals surface area contributed by atoms with E-state index in [4.69, 9.17) is 19.3 Å². The van der Waals surface area contributed by atoms with Gasteiger partial charge in [0.1, 0.15) is 0 Å². The Balaban J connectivity index is 1.37. The number of ether oxygens (including phenoxy) is 3. The first-order valence-electron chi connectivity index (χ1n) is 10.5. The van der Waals surface area contributed by atoms with Gasteiger partial charge in [-0.1, -0.05) is 6.07 Å². The normalized spacial score (nSPS) is 17.1. The number of hydrogen-bond donors (Lipinski definition) is 1. The predicted molar refractivity (Wildman–Crippen MR) is 115 cm³/mol. The van der Waals surface area contributed by atoms with Crippen molar-refractivity contribution in [2.75, 3.05) is 13.9 Å². The molecule has 0 saturated heterocycles. The second-order valence-corrected chi connectivity index (χ2v) is 8.08. The van der Waals surface area contributed by atoms with Gasteiger partial charge in [-0.15, -0.1) is 0 Å². The molecule has 1 aliphatic carbocycles. The lowest BCUT2D eigenvalue weighted by atomic mass is 9.92. The van der Waals surface area contributed by atoms with E-state index in [-0.39, 0.29) is 12.8 Å². The van der Waals surface area contributed by atoms with Gasteiger partial charge in [-0.2, -0.15) is 5.10 Å². The van der Waals surface area contributed by atoms with E-state index in [0.717, 1.165) is 42.8 Å². The molecule has 0 saturated carbocycles. The van der Waals surface area contributed by atoms with Crippen molar-refractivity contribution in [3.05, 3.63) is 64.5 Å². The summed E-state index contributed by atoms with van der Waals surface area (Å²) in [5.74, 6) is 2.16. The lowest BCUT2D eigenvalue weighted by molar-refractivity contribution is 0.171. The molecule has 2 aromatic carbocycles. The highest BCUT2D eigenvalue weighted by molar-refractivity contribution is 5.55. The van der Waals surface area contributed by atoms with E-state index in [9.17, 15) is 0 Å². The van der Waals surface area contributed by atoms with Gasteiger partial charge >= 0.3 is 0 Å². The highest BCUT2D eigenvalue weighted by Gasteiger charge is 2.25. The smallest absolute Gasteiger partial charge is 0.231 e. The Morgan fingerprint density at radius 1 is 1.17 bits per heavy atom. The SMILES string of the molecule is COc1cc(CNC2CCCc3c2cnn3-c2ccc(C)c(C)c2)cc2c1OCO2. The maximum Gasteiger partial charge on any atom is 0.231 e. The van der Waals surface area contributed by atoms with Crippen molar-refractivity contribution < 1.29 is 14.2 Å². The molecule has 156 valence electrons. The third-order valence-corrected chi connectivity index (χ3v) is 6.19. The van der Waals surface area contributed by atoms with Crippen LogP contribution in [0, 0.1) is 13.8 Å². The first kappa shape index (κ1) is 19.0. The summed E-state index contributed by atoms with van der Waals surface area (Å²) in [6, 6.07) is 10.9. The molecule has 6 heteroatoms. The number of methoxy groups -OCH3 is 1. The zero-order valence-electron chi connectivity index (χ0n) is 17.7. The number of aromatic nitrogens is 2. The summed E-state index contributed by atoms with van der Waals surface area (Å²) in [5, 5.41) is 8.46. The fourth-order valence-corrected chi connectivity index (χ4v) is 4.38. The molecule has 30 heavy (non-hydrogen) atoms. The monoisotopic (exact) mass is 405 g/mol. The summed E-state index contributed by atoms with van der Waals surface area (Å²) in [6.07, 6.45) is 5.33. The van der Waals surface area contributed by atoms with Crippen molar-refractivity contribution in [2.45, 2.75) is 45.7 Å². The summed E-state index contributed by atoms with van der Waals surface area (Å²) in [6.45, 7) is 5.26. The van der Waals surface area contributed by atoms with Crippen LogP contribution in [-0.2, 0) is 13.0 Å². The van der Waals surface area contributed by atoms with Crippen LogP contribution in [0.5, 0.6) is 17.2 Å². The van der Waals surface area contributed by atoms with Crippen LogP contribution in [0.25, 0.3) is 5.69 Å². The molecule has 3 aromatic rings. The summed E-state index contributed by atoms with van der Waals surface area (Å²) >= 11 is 0. The zero-order valence-corrected chi connectivity index (χ0v) is 17.7. The number of aryl methyl sites for hydroxylation is 2. The first-order chi connectivity index (χ1) is 14.6. The largest absolute Gasteiger partial charge is 0.493 e. The summed E-state index contributed by atoms with van der Waals surface area (Å²) in [5.41, 5.74) is 7.46. The van der Waals surface area contributed by atoms with Crippen molar-refractivity contribution in [1.82, 2.24) is 15.1 Å². The van der Waals surface area contributed by atoms with Crippen molar-refractivity contribution in [2.24, 2.45) is 0 Å². The van der Waals surface area contributed by atoms with Crippen molar-refractivity contribution >= 4 is 0 Å². The number of fused-ring (bicyclic) bond motifs is 2. The zero-order chi connectivity index (χ0) is 20.7. The number of rotatable bonds is 5. The van der Waals surface area contributed by atoms with Crippen LogP contribution >= 0.6 is 0 Å². The lowest BCUT2D eigenvalue weighted by Crippen LogP contribution is -2.25. The Bertz CT molecular complexity index is 1090. The molecule has 1 atom stereocenters. The molecule has 2 heterocycles. The molecule has 0 bridgehead atoms. The summed E-state index contributed by atoms with van der Waals surface area (Å²) < 4.78 is 18.6. The average molecular weight is 405 g/mol. The maximum atomic E-state index is 5.56. The van der Waals surface area contributed by atoms with E-state index in [1.807, 2.05) is 18.3 Å². The van der Waals surface area contributed by atoms with E-state index >= 15 is 0 Å². The van der Waals surface area contributed by atoms with Crippen LogP contribution in [0.3, 0.4) is 0 Å². The Morgan fingerprint density at radius 2 is 2.07 bits per heavy atom. The van der Waals surface area contributed by atoms with Gasteiger partial charge in [-0.3, -0.25) is 0 Å². The topological polar surface area (TPSA) is 57.5 Å². The molecule has 5 rings (SSSR count). The van der Waals surface area contributed by atoms with Gasteiger partial charge in [-0.05, 0) is 74.1 Å². The van der Waals surface area contributed by atoms with Crippen LogP contribution in [-0.4, -0.2) is 23.7 Å². The lowest BCUT2D eigenvalue weighted by Gasteiger charge is -2.24. The third-order valence-electron chi connectivity index (χ3n) is 6.19. The van der Waals surface area contributed by atoms with Crippen molar-refractivity contribution in [3.63, 3.8) is 0 Å². The molecule has 1 aliphatic heterocycles. The molecule has 0 amide bonds. The van der Waals surface area contributed by atoms with E-state index in [1.165, 1.54) is 22.4 Å². The van der Waals surface area contributed by atoms with E-state index in [2.05, 4.69) is 42.0 Å². The first-order valence-corrected chi connectivity index (χ1v) is 10.5. The van der Waals surface area contributed by atoms with E-state index < -0.39 is 0 Å². The fourth-order valence-electron chi connectivity index (χ4n) is 4.38. The molecule has 1 N–H and O–H groups in total. The van der Waals surface area contributed by atoms with Gasteiger partial charge in [0.2, 0.25) is 12.5 Å². The average Bonchev–Trinajstić information content (AvgIpc) is 3.41. The van der Waals surface area contributed by atoms with E-state index in [0.29, 0.717) is 11.5 Å². The minimum absolute atomic E-state index is 0.242. The fraction of sp³-hybridized carbons (Fsp3) is 0.375. The molecule has 0 radical (unpaired) electrons. The number of nitrogens with one attached hydrogen (secondary N) is 1. The Kier molecular flexibility index (Phi) is 4.87. The van der Waals surface area contributed by atoms with Crippen molar-refractivity contribution in [3.8, 4) is 22.9 Å². The molecule has 1 unspecified atom stereocenters. The van der Waals surface area contributed by atoms with E-state index in [1.54, 1.807) is 7.11 Å². The van der Waals surface area contributed by atoms with Crippen LogP contribution in [0.1, 0.15) is 46.8 Å².